The molecule has 1 saturated heterocycles. The topological polar surface area (TPSA) is 72.7 Å². The van der Waals surface area contributed by atoms with Crippen LogP contribution in [0.3, 0.4) is 0 Å². The Morgan fingerprint density at radius 1 is 1.28 bits per heavy atom. The van der Waals surface area contributed by atoms with Crippen molar-refractivity contribution >= 4 is 11.6 Å². The van der Waals surface area contributed by atoms with Gasteiger partial charge < -0.3 is 20.3 Å². The maximum absolute atomic E-state index is 8.92. The summed E-state index contributed by atoms with van der Waals surface area (Å²) in [5.41, 5.74) is 2.95. The van der Waals surface area contributed by atoms with Crippen LogP contribution in [-0.4, -0.2) is 38.7 Å². The van der Waals surface area contributed by atoms with Crippen LogP contribution in [0.15, 0.2) is 53.5 Å². The van der Waals surface area contributed by atoms with Crippen LogP contribution in [0.1, 0.15) is 30.9 Å². The second kappa shape index (κ2) is 10.4. The van der Waals surface area contributed by atoms with Gasteiger partial charge in [0.05, 0.1) is 25.3 Å². The second-order valence-corrected chi connectivity index (χ2v) is 7.13. The van der Waals surface area contributed by atoms with E-state index in [9.17, 15) is 0 Å². The molecule has 0 bridgehead atoms. The Labute approximate surface area is 173 Å². The lowest BCUT2D eigenvalue weighted by atomic mass is 10.0. The molecule has 2 N–H and O–H groups in total. The Bertz CT molecular complexity index is 856. The van der Waals surface area contributed by atoms with Crippen molar-refractivity contribution in [2.45, 2.75) is 32.4 Å². The first-order chi connectivity index (χ1) is 14.2. The minimum Gasteiger partial charge on any atom is -0.497 e. The van der Waals surface area contributed by atoms with Crippen LogP contribution in [0, 0.1) is 11.3 Å². The summed E-state index contributed by atoms with van der Waals surface area (Å²) in [6.07, 6.45) is 2.24. The minimum absolute atomic E-state index is 0.328. The van der Waals surface area contributed by atoms with E-state index >= 15 is 0 Å². The zero-order valence-electron chi connectivity index (χ0n) is 17.2. The third-order valence-corrected chi connectivity index (χ3v) is 5.03. The number of ether oxygens (including phenoxy) is 1. The van der Waals surface area contributed by atoms with Crippen molar-refractivity contribution in [2.75, 3.05) is 31.6 Å². The predicted molar refractivity (Wildman–Crippen MR) is 117 cm³/mol. The zero-order chi connectivity index (χ0) is 20.5. The quantitative estimate of drug-likeness (QED) is 0.584. The van der Waals surface area contributed by atoms with Gasteiger partial charge >= 0.3 is 0 Å². The number of rotatable bonds is 6. The third-order valence-electron chi connectivity index (χ3n) is 5.03. The van der Waals surface area contributed by atoms with Crippen molar-refractivity contribution in [1.82, 2.24) is 10.6 Å². The Kier molecular flexibility index (Phi) is 7.34. The summed E-state index contributed by atoms with van der Waals surface area (Å²) < 4.78 is 5.37. The van der Waals surface area contributed by atoms with Gasteiger partial charge in [-0.1, -0.05) is 18.2 Å². The molecule has 1 unspecified atom stereocenters. The van der Waals surface area contributed by atoms with Crippen molar-refractivity contribution in [2.24, 2.45) is 4.99 Å². The number of nitrogens with zero attached hydrogens (tertiary/aromatic N) is 3. The van der Waals surface area contributed by atoms with Crippen LogP contribution in [0.25, 0.3) is 0 Å². The predicted octanol–water partition coefficient (Wildman–Crippen LogP) is 3.29. The molecule has 152 valence electrons. The fraction of sp³-hybridized carbons (Fsp3) is 0.391. The zero-order valence-corrected chi connectivity index (χ0v) is 17.2. The van der Waals surface area contributed by atoms with Crippen molar-refractivity contribution in [1.29, 1.82) is 5.26 Å². The normalized spacial score (nSPS) is 16.8. The van der Waals surface area contributed by atoms with Gasteiger partial charge in [0.25, 0.3) is 0 Å². The Morgan fingerprint density at radius 3 is 2.83 bits per heavy atom. The molecule has 6 nitrogen and oxygen atoms in total. The highest BCUT2D eigenvalue weighted by molar-refractivity contribution is 5.80. The Balaban J connectivity index is 1.63. The van der Waals surface area contributed by atoms with Gasteiger partial charge in [-0.15, -0.1) is 0 Å². The fourth-order valence-corrected chi connectivity index (χ4v) is 3.51. The standard InChI is InChI=1S/C23H29N5O/c1-3-25-23(26-16-19-11-9-18(15-24)10-12-19)27-20-6-5-13-28(17-20)21-7-4-8-22(14-21)29-2/h4,7-12,14,20H,3,5-6,13,16-17H2,1-2H3,(H2,25,26,27). The molecule has 0 spiro atoms. The van der Waals surface area contributed by atoms with Crippen molar-refractivity contribution in [3.63, 3.8) is 0 Å². The van der Waals surface area contributed by atoms with Gasteiger partial charge in [-0.3, -0.25) is 0 Å². The number of hydrogen-bond donors (Lipinski definition) is 2. The lowest BCUT2D eigenvalue weighted by molar-refractivity contribution is 0.414. The van der Waals surface area contributed by atoms with Crippen LogP contribution < -0.4 is 20.3 Å². The summed E-state index contributed by atoms with van der Waals surface area (Å²) >= 11 is 0. The maximum atomic E-state index is 8.92. The van der Waals surface area contributed by atoms with Crippen LogP contribution >= 0.6 is 0 Å². The first-order valence-electron chi connectivity index (χ1n) is 10.1. The molecule has 1 aliphatic rings. The van der Waals surface area contributed by atoms with Gasteiger partial charge in [0.1, 0.15) is 5.75 Å². The van der Waals surface area contributed by atoms with Crippen LogP contribution in [0.2, 0.25) is 0 Å². The highest BCUT2D eigenvalue weighted by atomic mass is 16.5. The monoisotopic (exact) mass is 391 g/mol. The minimum atomic E-state index is 0.328. The second-order valence-electron chi connectivity index (χ2n) is 7.13. The van der Waals surface area contributed by atoms with Crippen LogP contribution in [0.4, 0.5) is 5.69 Å². The lowest BCUT2D eigenvalue weighted by Gasteiger charge is -2.35. The maximum Gasteiger partial charge on any atom is 0.191 e. The van der Waals surface area contributed by atoms with Crippen LogP contribution in [0.5, 0.6) is 5.75 Å². The molecule has 0 aromatic heterocycles. The molecule has 29 heavy (non-hydrogen) atoms. The molecular formula is C23H29N5O. The van der Waals surface area contributed by atoms with E-state index in [2.05, 4.69) is 40.7 Å². The first kappa shape index (κ1) is 20.5. The number of anilines is 1. The molecule has 2 aromatic carbocycles. The smallest absolute Gasteiger partial charge is 0.191 e. The van der Waals surface area contributed by atoms with E-state index in [1.165, 1.54) is 5.69 Å². The average Bonchev–Trinajstić information content (AvgIpc) is 2.78. The van der Waals surface area contributed by atoms with E-state index < -0.39 is 0 Å². The lowest BCUT2D eigenvalue weighted by Crippen LogP contribution is -2.51. The molecule has 1 fully saturated rings. The van der Waals surface area contributed by atoms with Gasteiger partial charge in [-0.05, 0) is 49.6 Å². The van der Waals surface area contributed by atoms with Gasteiger partial charge in [0.2, 0.25) is 0 Å². The molecule has 0 saturated carbocycles. The van der Waals surface area contributed by atoms with E-state index in [1.54, 1.807) is 7.11 Å². The number of guanidine groups is 1. The number of methoxy groups -OCH3 is 1. The summed E-state index contributed by atoms with van der Waals surface area (Å²) in [6, 6.07) is 18.3. The van der Waals surface area contributed by atoms with Crippen molar-refractivity contribution in [3.05, 3.63) is 59.7 Å². The first-order valence-corrected chi connectivity index (χ1v) is 10.1. The van der Waals surface area contributed by atoms with Gasteiger partial charge in [0, 0.05) is 37.4 Å². The highest BCUT2D eigenvalue weighted by Crippen LogP contribution is 2.24. The Hall–Kier alpha value is -3.20. The van der Waals surface area contributed by atoms with E-state index in [1.807, 2.05) is 36.4 Å². The summed E-state index contributed by atoms with van der Waals surface area (Å²) in [4.78, 5) is 7.13. The molecule has 1 atom stereocenters. The molecule has 1 aliphatic heterocycles. The number of aliphatic imine (C=N–C) groups is 1. The number of nitrogens with one attached hydrogen (secondary N) is 2. The van der Waals surface area contributed by atoms with Crippen LogP contribution in [-0.2, 0) is 6.54 Å². The molecule has 0 amide bonds. The highest BCUT2D eigenvalue weighted by Gasteiger charge is 2.21. The summed E-state index contributed by atoms with van der Waals surface area (Å²) in [6.45, 7) is 5.43. The molecule has 6 heteroatoms. The number of piperidine rings is 1. The van der Waals surface area contributed by atoms with Gasteiger partial charge in [-0.25, -0.2) is 4.99 Å². The van der Waals surface area contributed by atoms with E-state index in [-0.39, 0.29) is 0 Å². The molecule has 2 aromatic rings. The van der Waals surface area contributed by atoms with Gasteiger partial charge in [-0.2, -0.15) is 5.26 Å². The number of nitriles is 1. The Morgan fingerprint density at radius 2 is 2.10 bits per heavy atom. The van der Waals surface area contributed by atoms with Crippen molar-refractivity contribution in [3.8, 4) is 11.8 Å². The van der Waals surface area contributed by atoms with E-state index in [0.29, 0.717) is 18.2 Å². The average molecular weight is 392 g/mol. The van der Waals surface area contributed by atoms with E-state index in [0.717, 1.165) is 49.7 Å². The largest absolute Gasteiger partial charge is 0.497 e. The van der Waals surface area contributed by atoms with E-state index in [4.69, 9.17) is 15.0 Å². The fourth-order valence-electron chi connectivity index (χ4n) is 3.51. The summed E-state index contributed by atoms with van der Waals surface area (Å²) in [5.74, 6) is 1.71. The van der Waals surface area contributed by atoms with Crippen molar-refractivity contribution < 1.29 is 4.74 Å². The molecule has 0 aliphatic carbocycles. The summed E-state index contributed by atoms with van der Waals surface area (Å²) in [5, 5.41) is 15.9. The molecule has 0 radical (unpaired) electrons. The number of benzene rings is 2. The molecule has 1 heterocycles. The third kappa shape index (κ3) is 5.89. The SMILES string of the molecule is CCNC(=NCc1ccc(C#N)cc1)NC1CCCN(c2cccc(OC)c2)C1. The summed E-state index contributed by atoms with van der Waals surface area (Å²) in [7, 11) is 1.70. The van der Waals surface area contributed by atoms with Gasteiger partial charge in [0.15, 0.2) is 5.96 Å². The molecular weight excluding hydrogens is 362 g/mol. The molecule has 3 rings (SSSR count). The number of hydrogen-bond acceptors (Lipinski definition) is 4.